The SMILES string of the molecule is CC(=O)NC1(C)c2cc([N+](=O)[O-])ccc2CCC1(c1ccc(Cl)c(Cl)c1)N1CCCC1. The summed E-state index contributed by atoms with van der Waals surface area (Å²) in [4.78, 5) is 26.1. The van der Waals surface area contributed by atoms with Crippen LogP contribution in [0.3, 0.4) is 0 Å². The second-order valence-electron chi connectivity index (χ2n) is 8.59. The lowest BCUT2D eigenvalue weighted by Gasteiger charge is -2.57. The monoisotopic (exact) mass is 461 g/mol. The van der Waals surface area contributed by atoms with Gasteiger partial charge in [0.1, 0.15) is 0 Å². The van der Waals surface area contributed by atoms with Crippen LogP contribution >= 0.6 is 23.2 Å². The van der Waals surface area contributed by atoms with E-state index in [9.17, 15) is 14.9 Å². The molecular weight excluding hydrogens is 437 g/mol. The Kier molecular flexibility index (Phi) is 5.75. The Morgan fingerprint density at radius 2 is 1.84 bits per heavy atom. The van der Waals surface area contributed by atoms with Crippen LogP contribution in [0.5, 0.6) is 0 Å². The summed E-state index contributed by atoms with van der Waals surface area (Å²) in [5, 5.41) is 15.7. The molecule has 0 bridgehead atoms. The number of carbonyl (C=O) groups is 1. The first-order chi connectivity index (χ1) is 14.7. The minimum Gasteiger partial charge on any atom is -0.345 e. The third kappa shape index (κ3) is 3.51. The number of nitrogens with one attached hydrogen (secondary N) is 1. The zero-order chi connectivity index (χ0) is 22.4. The fourth-order valence-corrected chi connectivity index (χ4v) is 5.91. The number of rotatable bonds is 4. The average Bonchev–Trinajstić information content (AvgIpc) is 3.25. The Labute approximate surface area is 191 Å². The molecule has 2 atom stereocenters. The number of aryl methyl sites for hydroxylation is 1. The van der Waals surface area contributed by atoms with Crippen molar-refractivity contribution in [3.05, 3.63) is 73.2 Å². The lowest BCUT2D eigenvalue weighted by Crippen LogP contribution is -2.66. The minimum absolute atomic E-state index is 0.0155. The highest BCUT2D eigenvalue weighted by atomic mass is 35.5. The highest BCUT2D eigenvalue weighted by Gasteiger charge is 2.57. The van der Waals surface area contributed by atoms with Gasteiger partial charge in [0.15, 0.2) is 0 Å². The van der Waals surface area contributed by atoms with E-state index in [0.717, 1.165) is 55.5 Å². The molecule has 31 heavy (non-hydrogen) atoms. The smallest absolute Gasteiger partial charge is 0.269 e. The van der Waals surface area contributed by atoms with Gasteiger partial charge in [-0.15, -0.1) is 0 Å². The number of non-ortho nitro benzene ring substituents is 1. The molecule has 164 valence electrons. The van der Waals surface area contributed by atoms with E-state index in [0.29, 0.717) is 10.0 Å². The van der Waals surface area contributed by atoms with Crippen molar-refractivity contribution >= 4 is 34.8 Å². The normalized spacial score (nSPS) is 25.8. The van der Waals surface area contributed by atoms with Crippen LogP contribution in [0.25, 0.3) is 0 Å². The van der Waals surface area contributed by atoms with E-state index >= 15 is 0 Å². The number of fused-ring (bicyclic) bond motifs is 1. The van der Waals surface area contributed by atoms with Crippen molar-refractivity contribution in [2.45, 2.75) is 50.6 Å². The highest BCUT2D eigenvalue weighted by molar-refractivity contribution is 6.42. The number of carbonyl (C=O) groups excluding carboxylic acids is 1. The lowest BCUT2D eigenvalue weighted by atomic mass is 9.61. The topological polar surface area (TPSA) is 75.5 Å². The molecular formula is C23H25Cl2N3O3. The van der Waals surface area contributed by atoms with Crippen LogP contribution in [0, 0.1) is 10.1 Å². The standard InChI is InChI=1S/C23H25Cl2N3O3/c1-15(29)26-22(2)19-14-18(28(30)31)7-5-16(19)9-10-23(22,27-11-3-4-12-27)17-6-8-20(24)21(25)13-17/h5-8,13-14H,3-4,9-12H2,1-2H3,(H,26,29). The Morgan fingerprint density at radius 3 is 2.45 bits per heavy atom. The van der Waals surface area contributed by atoms with Crippen LogP contribution in [0.1, 0.15) is 49.8 Å². The van der Waals surface area contributed by atoms with Gasteiger partial charge in [0.2, 0.25) is 5.91 Å². The number of nitro groups is 1. The van der Waals surface area contributed by atoms with Crippen LogP contribution < -0.4 is 5.32 Å². The summed E-state index contributed by atoms with van der Waals surface area (Å²) in [6, 6.07) is 10.6. The van der Waals surface area contributed by atoms with Gasteiger partial charge >= 0.3 is 0 Å². The second-order valence-corrected chi connectivity index (χ2v) is 9.40. The van der Waals surface area contributed by atoms with Gasteiger partial charge in [-0.3, -0.25) is 19.8 Å². The Balaban J connectivity index is 2.03. The zero-order valence-electron chi connectivity index (χ0n) is 17.6. The van der Waals surface area contributed by atoms with E-state index < -0.39 is 11.1 Å². The maximum Gasteiger partial charge on any atom is 0.269 e. The van der Waals surface area contributed by atoms with Crippen LogP contribution in [0.4, 0.5) is 5.69 Å². The quantitative estimate of drug-likeness (QED) is 0.501. The van der Waals surface area contributed by atoms with Crippen molar-refractivity contribution < 1.29 is 9.72 Å². The summed E-state index contributed by atoms with van der Waals surface area (Å²) >= 11 is 12.7. The molecule has 2 aromatic rings. The largest absolute Gasteiger partial charge is 0.345 e. The van der Waals surface area contributed by atoms with Crippen molar-refractivity contribution in [3.63, 3.8) is 0 Å². The van der Waals surface area contributed by atoms with E-state index in [4.69, 9.17) is 23.2 Å². The molecule has 1 fully saturated rings. The van der Waals surface area contributed by atoms with Crippen LogP contribution in [0.15, 0.2) is 36.4 Å². The van der Waals surface area contributed by atoms with E-state index in [1.807, 2.05) is 25.1 Å². The molecule has 0 radical (unpaired) electrons. The summed E-state index contributed by atoms with van der Waals surface area (Å²) in [6.07, 6.45) is 3.59. The molecule has 1 aliphatic heterocycles. The highest BCUT2D eigenvalue weighted by Crippen LogP contribution is 2.54. The van der Waals surface area contributed by atoms with Gasteiger partial charge < -0.3 is 5.32 Å². The molecule has 1 saturated heterocycles. The van der Waals surface area contributed by atoms with Crippen LogP contribution in [-0.2, 0) is 22.3 Å². The Hall–Kier alpha value is -2.15. The van der Waals surface area contributed by atoms with Crippen LogP contribution in [0.2, 0.25) is 10.0 Å². The average molecular weight is 462 g/mol. The molecule has 0 saturated carbocycles. The van der Waals surface area contributed by atoms with Crippen molar-refractivity contribution in [1.29, 1.82) is 0 Å². The molecule has 4 rings (SSSR count). The lowest BCUT2D eigenvalue weighted by molar-refractivity contribution is -0.385. The number of hydrogen-bond acceptors (Lipinski definition) is 4. The molecule has 6 nitrogen and oxygen atoms in total. The van der Waals surface area contributed by atoms with Crippen molar-refractivity contribution in [2.75, 3.05) is 13.1 Å². The molecule has 2 unspecified atom stereocenters. The summed E-state index contributed by atoms with van der Waals surface area (Å²) < 4.78 is 0. The van der Waals surface area contributed by atoms with Gasteiger partial charge in [0.25, 0.3) is 5.69 Å². The number of nitrogens with zero attached hydrogens (tertiary/aromatic N) is 2. The molecule has 1 N–H and O–H groups in total. The van der Waals surface area contributed by atoms with E-state index in [2.05, 4.69) is 10.2 Å². The number of likely N-dealkylation sites (tertiary alicyclic amines) is 1. The fourth-order valence-electron chi connectivity index (χ4n) is 5.61. The third-order valence-corrected chi connectivity index (χ3v) is 7.63. The summed E-state index contributed by atoms with van der Waals surface area (Å²) in [5.41, 5.74) is 1.24. The Bertz CT molecular complexity index is 1050. The van der Waals surface area contributed by atoms with E-state index in [1.165, 1.54) is 13.0 Å². The number of hydrogen-bond donors (Lipinski definition) is 1. The maximum atomic E-state index is 12.5. The van der Waals surface area contributed by atoms with Gasteiger partial charge in [-0.2, -0.15) is 0 Å². The van der Waals surface area contributed by atoms with Gasteiger partial charge in [-0.1, -0.05) is 35.3 Å². The number of amides is 1. The van der Waals surface area contributed by atoms with Gasteiger partial charge in [0.05, 0.1) is 26.0 Å². The van der Waals surface area contributed by atoms with E-state index in [-0.39, 0.29) is 16.5 Å². The molecule has 2 aromatic carbocycles. The minimum atomic E-state index is -0.903. The van der Waals surface area contributed by atoms with Crippen molar-refractivity contribution in [2.24, 2.45) is 0 Å². The maximum absolute atomic E-state index is 12.5. The Morgan fingerprint density at radius 1 is 1.13 bits per heavy atom. The molecule has 1 amide bonds. The first-order valence-electron chi connectivity index (χ1n) is 10.5. The second kappa shape index (κ2) is 8.08. The number of halogens is 2. The fraction of sp³-hybridized carbons (Fsp3) is 0.435. The predicted octanol–water partition coefficient (Wildman–Crippen LogP) is 5.19. The molecule has 8 heteroatoms. The molecule has 1 aliphatic carbocycles. The van der Waals surface area contributed by atoms with Crippen LogP contribution in [-0.4, -0.2) is 28.8 Å². The first kappa shape index (κ1) is 22.1. The molecule has 0 aromatic heterocycles. The third-order valence-electron chi connectivity index (χ3n) is 6.90. The molecule has 2 aliphatic rings. The van der Waals surface area contributed by atoms with Crippen molar-refractivity contribution in [1.82, 2.24) is 10.2 Å². The number of benzene rings is 2. The van der Waals surface area contributed by atoms with Gasteiger partial charge in [0, 0.05) is 19.1 Å². The summed E-state index contributed by atoms with van der Waals surface area (Å²) in [7, 11) is 0. The van der Waals surface area contributed by atoms with Gasteiger partial charge in [-0.05, 0) is 74.5 Å². The van der Waals surface area contributed by atoms with Gasteiger partial charge in [-0.25, -0.2) is 0 Å². The molecule has 1 heterocycles. The summed E-state index contributed by atoms with van der Waals surface area (Å²) in [6.45, 7) is 5.22. The van der Waals surface area contributed by atoms with Crippen molar-refractivity contribution in [3.8, 4) is 0 Å². The molecule has 0 spiro atoms. The zero-order valence-corrected chi connectivity index (χ0v) is 19.1. The predicted molar refractivity (Wildman–Crippen MR) is 122 cm³/mol. The number of nitro benzene ring substituents is 1. The first-order valence-corrected chi connectivity index (χ1v) is 11.2. The summed E-state index contributed by atoms with van der Waals surface area (Å²) in [5.74, 6) is -0.189. The van der Waals surface area contributed by atoms with E-state index in [1.54, 1.807) is 12.1 Å².